The van der Waals surface area contributed by atoms with Crippen LogP contribution in [0.3, 0.4) is 0 Å². The van der Waals surface area contributed by atoms with Crippen LogP contribution in [-0.2, 0) is 4.74 Å². The Bertz CT molecular complexity index is 880. The Morgan fingerprint density at radius 3 is 2.33 bits per heavy atom. The van der Waals surface area contributed by atoms with E-state index in [1.165, 1.54) is 16.2 Å². The van der Waals surface area contributed by atoms with Crippen molar-refractivity contribution in [2.24, 2.45) is 0 Å². The maximum atomic E-state index is 12.3. The van der Waals surface area contributed by atoms with Gasteiger partial charge < -0.3 is 24.2 Å². The second kappa shape index (κ2) is 8.98. The largest absolute Gasteiger partial charge is 0.486 e. The van der Waals surface area contributed by atoms with E-state index in [9.17, 15) is 9.90 Å². The number of benzene rings is 1. The van der Waals surface area contributed by atoms with E-state index in [-0.39, 0.29) is 12.6 Å². The van der Waals surface area contributed by atoms with Crippen molar-refractivity contribution in [2.75, 3.05) is 13.6 Å². The number of carbonyl (C=O) groups is 1. The third kappa shape index (κ3) is 6.74. The molecule has 0 saturated heterocycles. The zero-order valence-electron chi connectivity index (χ0n) is 19.4. The highest BCUT2D eigenvalue weighted by Gasteiger charge is 2.25. The van der Waals surface area contributed by atoms with Crippen molar-refractivity contribution >= 4 is 27.6 Å². The third-order valence-corrected chi connectivity index (χ3v) is 4.78. The van der Waals surface area contributed by atoms with Crippen LogP contribution in [0.2, 0.25) is 0 Å². The van der Waals surface area contributed by atoms with Gasteiger partial charge in [0, 0.05) is 12.6 Å². The Hall–Kier alpha value is -2.06. The maximum absolute atomic E-state index is 12.3. The van der Waals surface area contributed by atoms with Crippen LogP contribution in [0.15, 0.2) is 12.1 Å². The van der Waals surface area contributed by atoms with Gasteiger partial charge in [0.05, 0.1) is 23.5 Å². The van der Waals surface area contributed by atoms with Gasteiger partial charge in [-0.15, -0.1) is 0 Å². The molecule has 2 aromatic rings. The summed E-state index contributed by atoms with van der Waals surface area (Å²) < 4.78 is 18.0. The van der Waals surface area contributed by atoms with Gasteiger partial charge in [-0.2, -0.15) is 4.98 Å². The van der Waals surface area contributed by atoms with E-state index in [0.29, 0.717) is 22.0 Å². The highest BCUT2D eigenvalue weighted by atomic mass is 32.1. The lowest BCUT2D eigenvalue weighted by Crippen LogP contribution is -2.36. The van der Waals surface area contributed by atoms with E-state index >= 15 is 0 Å². The van der Waals surface area contributed by atoms with Gasteiger partial charge in [-0.05, 0) is 61.5 Å². The number of hydrogen-bond donors (Lipinski definition) is 1. The molecule has 0 saturated carbocycles. The van der Waals surface area contributed by atoms with Gasteiger partial charge in [0.15, 0.2) is 0 Å². The molecular weight excluding hydrogens is 404 g/mol. The van der Waals surface area contributed by atoms with E-state index in [4.69, 9.17) is 14.2 Å². The summed E-state index contributed by atoms with van der Waals surface area (Å²) in [6.45, 7) is 15.3. The molecule has 2 rings (SSSR count). The number of amides is 1. The summed E-state index contributed by atoms with van der Waals surface area (Å²) >= 11 is 1.36. The summed E-state index contributed by atoms with van der Waals surface area (Å²) in [5, 5.41) is 11.4. The van der Waals surface area contributed by atoms with Crippen molar-refractivity contribution in [3.05, 3.63) is 17.7 Å². The monoisotopic (exact) mass is 438 g/mol. The molecule has 0 radical (unpaired) electrons. The van der Waals surface area contributed by atoms with Gasteiger partial charge in [0.1, 0.15) is 22.5 Å². The van der Waals surface area contributed by atoms with Crippen molar-refractivity contribution in [1.29, 1.82) is 0 Å². The van der Waals surface area contributed by atoms with Gasteiger partial charge in [-0.25, -0.2) is 4.79 Å². The van der Waals surface area contributed by atoms with Crippen LogP contribution in [-0.4, -0.2) is 52.0 Å². The number of ether oxygens (including phenoxy) is 3. The van der Waals surface area contributed by atoms with Gasteiger partial charge in [-0.3, -0.25) is 0 Å². The number of thiazole rings is 1. The van der Waals surface area contributed by atoms with E-state index in [1.807, 2.05) is 40.7 Å². The van der Waals surface area contributed by atoms with Gasteiger partial charge in [0.2, 0.25) is 0 Å². The van der Waals surface area contributed by atoms with Crippen LogP contribution < -0.4 is 9.47 Å². The number of aliphatic hydroxyl groups is 1. The second-order valence-corrected chi connectivity index (χ2v) is 10.5. The minimum Gasteiger partial charge on any atom is -0.486 e. The molecule has 168 valence electrons. The Kier molecular flexibility index (Phi) is 7.24. The summed E-state index contributed by atoms with van der Waals surface area (Å²) in [6, 6.07) is 3.62. The molecule has 0 aliphatic rings. The van der Waals surface area contributed by atoms with Crippen molar-refractivity contribution in [2.45, 2.75) is 78.8 Å². The maximum Gasteiger partial charge on any atom is 0.410 e. The molecule has 1 atom stereocenters. The fraction of sp³-hybridized carbons (Fsp3) is 0.636. The van der Waals surface area contributed by atoms with Crippen LogP contribution >= 0.6 is 11.3 Å². The Labute approximate surface area is 183 Å². The summed E-state index contributed by atoms with van der Waals surface area (Å²) in [4.78, 5) is 18.2. The lowest BCUT2D eigenvalue weighted by atomic mass is 10.1. The summed E-state index contributed by atoms with van der Waals surface area (Å²) in [5.41, 5.74) is 0.308. The number of fused-ring (bicyclic) bond motifs is 1. The lowest BCUT2D eigenvalue weighted by molar-refractivity contribution is 0.0206. The van der Waals surface area contributed by atoms with E-state index < -0.39 is 23.4 Å². The first-order chi connectivity index (χ1) is 13.7. The standard InChI is InChI=1S/C22H34N2O5S/c1-13(2)27-19-23-17-16(28-21(3,4)5)11-10-14(18(17)30-19)15(25)12-24(9)20(26)29-22(6,7)8/h10-11,13,15,25H,12H2,1-9H3. The molecule has 8 heteroatoms. The topological polar surface area (TPSA) is 81.1 Å². The molecule has 0 spiro atoms. The molecule has 0 fully saturated rings. The SMILES string of the molecule is CC(C)Oc1nc2c(OC(C)(C)C)ccc(C(O)CN(C)C(=O)OC(C)(C)C)c2s1. The van der Waals surface area contributed by atoms with Crippen LogP contribution in [0.5, 0.6) is 10.9 Å². The number of carbonyl (C=O) groups excluding carboxylic acids is 1. The van der Waals surface area contributed by atoms with Crippen LogP contribution in [0.25, 0.3) is 10.2 Å². The minimum atomic E-state index is -0.916. The number of aliphatic hydroxyl groups excluding tert-OH is 1. The summed E-state index contributed by atoms with van der Waals surface area (Å²) in [6.07, 6.45) is -1.43. The number of rotatable bonds is 6. The predicted octanol–water partition coefficient (Wildman–Crippen LogP) is 5.16. The average Bonchev–Trinajstić information content (AvgIpc) is 2.94. The molecule has 1 aromatic carbocycles. The molecule has 0 bridgehead atoms. The number of likely N-dealkylation sites (N-methyl/N-ethyl adjacent to an activating group) is 1. The predicted molar refractivity (Wildman–Crippen MR) is 120 cm³/mol. The Balaban J connectivity index is 2.37. The van der Waals surface area contributed by atoms with E-state index in [2.05, 4.69) is 4.98 Å². The van der Waals surface area contributed by atoms with E-state index in [1.54, 1.807) is 33.9 Å². The summed E-state index contributed by atoms with van der Waals surface area (Å²) in [7, 11) is 1.60. The molecule has 1 heterocycles. The van der Waals surface area contributed by atoms with Gasteiger partial charge >= 0.3 is 6.09 Å². The van der Waals surface area contributed by atoms with E-state index in [0.717, 1.165) is 4.70 Å². The van der Waals surface area contributed by atoms with Gasteiger partial charge in [0.25, 0.3) is 5.19 Å². The quantitative estimate of drug-likeness (QED) is 0.671. The van der Waals surface area contributed by atoms with Crippen molar-refractivity contribution in [1.82, 2.24) is 9.88 Å². The molecule has 30 heavy (non-hydrogen) atoms. The van der Waals surface area contributed by atoms with Crippen LogP contribution in [0.4, 0.5) is 4.79 Å². The second-order valence-electron chi connectivity index (χ2n) is 9.57. The lowest BCUT2D eigenvalue weighted by Gasteiger charge is -2.26. The normalized spacial score (nSPS) is 13.4. The fourth-order valence-electron chi connectivity index (χ4n) is 2.68. The molecule has 1 amide bonds. The number of aromatic nitrogens is 1. The smallest absolute Gasteiger partial charge is 0.410 e. The third-order valence-electron chi connectivity index (χ3n) is 3.78. The molecule has 0 aliphatic carbocycles. The van der Waals surface area contributed by atoms with Crippen molar-refractivity contribution in [3.8, 4) is 10.9 Å². The zero-order chi connectivity index (χ0) is 22.9. The fourth-order valence-corrected chi connectivity index (χ4v) is 3.80. The van der Waals surface area contributed by atoms with Crippen molar-refractivity contribution < 1.29 is 24.1 Å². The average molecular weight is 439 g/mol. The number of hydrogen-bond acceptors (Lipinski definition) is 7. The highest BCUT2D eigenvalue weighted by Crippen LogP contribution is 2.40. The first-order valence-electron chi connectivity index (χ1n) is 10.1. The zero-order valence-corrected chi connectivity index (χ0v) is 20.2. The van der Waals surface area contributed by atoms with Gasteiger partial charge in [-0.1, -0.05) is 17.4 Å². The summed E-state index contributed by atoms with van der Waals surface area (Å²) in [5.74, 6) is 0.629. The molecule has 0 aliphatic heterocycles. The Morgan fingerprint density at radius 1 is 1.17 bits per heavy atom. The number of nitrogens with zero attached hydrogens (tertiary/aromatic N) is 2. The molecule has 1 N–H and O–H groups in total. The van der Waals surface area contributed by atoms with Crippen LogP contribution in [0.1, 0.15) is 67.1 Å². The molecule has 1 unspecified atom stereocenters. The first kappa shape index (κ1) is 24.2. The highest BCUT2D eigenvalue weighted by molar-refractivity contribution is 7.20. The van der Waals surface area contributed by atoms with Crippen molar-refractivity contribution in [3.63, 3.8) is 0 Å². The first-order valence-corrected chi connectivity index (χ1v) is 10.9. The van der Waals surface area contributed by atoms with Crippen LogP contribution in [0, 0.1) is 0 Å². The Morgan fingerprint density at radius 2 is 1.80 bits per heavy atom. The molecule has 1 aromatic heterocycles. The molecular formula is C22H34N2O5S. The molecule has 7 nitrogen and oxygen atoms in total. The minimum absolute atomic E-state index is 0.0239.